The second-order valence-electron chi connectivity index (χ2n) is 7.49. The Morgan fingerprint density at radius 2 is 1.91 bits per heavy atom. The summed E-state index contributed by atoms with van der Waals surface area (Å²) in [6.07, 6.45) is 2.75. The van der Waals surface area contributed by atoms with Crippen LogP contribution in [0.2, 0.25) is 0 Å². The molecular formula is C25H26N4O3S. The fraction of sp³-hybridized carbons (Fsp3) is 0.240. The molecule has 0 bridgehead atoms. The van der Waals surface area contributed by atoms with Crippen molar-refractivity contribution < 1.29 is 13.9 Å². The molecule has 0 atom stereocenters. The number of amides is 1. The van der Waals surface area contributed by atoms with Gasteiger partial charge in [-0.25, -0.2) is 0 Å². The summed E-state index contributed by atoms with van der Waals surface area (Å²) in [7, 11) is 1.66. The number of carbonyl (C=O) groups is 1. The summed E-state index contributed by atoms with van der Waals surface area (Å²) >= 11 is 1.57. The molecule has 0 fully saturated rings. The van der Waals surface area contributed by atoms with Crippen molar-refractivity contribution in [1.82, 2.24) is 20.1 Å². The Balaban J connectivity index is 1.47. The molecule has 0 spiro atoms. The van der Waals surface area contributed by atoms with Crippen LogP contribution in [0.4, 0.5) is 0 Å². The van der Waals surface area contributed by atoms with Crippen LogP contribution in [0.15, 0.2) is 76.5 Å². The van der Waals surface area contributed by atoms with Gasteiger partial charge >= 0.3 is 0 Å². The van der Waals surface area contributed by atoms with E-state index in [-0.39, 0.29) is 5.91 Å². The van der Waals surface area contributed by atoms with Gasteiger partial charge in [0.2, 0.25) is 5.91 Å². The number of methoxy groups -OCH3 is 1. The first-order valence-corrected chi connectivity index (χ1v) is 11.7. The molecule has 1 N–H and O–H groups in total. The van der Waals surface area contributed by atoms with E-state index in [1.54, 1.807) is 31.2 Å². The lowest BCUT2D eigenvalue weighted by atomic mass is 10.1. The molecule has 0 radical (unpaired) electrons. The number of para-hydroxylation sites is 2. The summed E-state index contributed by atoms with van der Waals surface area (Å²) in [5.74, 6) is 2.96. The summed E-state index contributed by atoms with van der Waals surface area (Å²) < 4.78 is 12.9. The lowest BCUT2D eigenvalue weighted by molar-refractivity contribution is -0.121. The van der Waals surface area contributed by atoms with Crippen LogP contribution in [0.25, 0.3) is 17.1 Å². The molecule has 0 aliphatic heterocycles. The zero-order valence-electron chi connectivity index (χ0n) is 18.7. The molecule has 0 aliphatic rings. The molecule has 4 rings (SSSR count). The Labute approximate surface area is 197 Å². The number of hydrogen-bond acceptors (Lipinski definition) is 6. The quantitative estimate of drug-likeness (QED) is 0.263. The van der Waals surface area contributed by atoms with E-state index in [2.05, 4.69) is 34.6 Å². The Morgan fingerprint density at radius 1 is 1.09 bits per heavy atom. The predicted octanol–water partition coefficient (Wildman–Crippen LogP) is 5.03. The molecule has 170 valence electrons. The highest BCUT2D eigenvalue weighted by Gasteiger charge is 2.19. The van der Waals surface area contributed by atoms with Crippen LogP contribution in [-0.2, 0) is 11.3 Å². The fourth-order valence-electron chi connectivity index (χ4n) is 3.37. The highest BCUT2D eigenvalue weighted by atomic mass is 32.2. The standard InChI is InChI=1S/C25H26N4O3S/c1-18-11-13-19(14-12-18)24-27-28-25(29(24)21-8-3-4-9-22(21)31-2)33-16-6-10-23(30)26-17-20-7-5-15-32-20/h3-5,7-9,11-15H,6,10,16-17H2,1-2H3,(H,26,30). The molecule has 8 heteroatoms. The maximum atomic E-state index is 12.1. The van der Waals surface area contributed by atoms with Gasteiger partial charge in [0.05, 0.1) is 25.6 Å². The summed E-state index contributed by atoms with van der Waals surface area (Å²) in [6, 6.07) is 19.7. The molecule has 0 unspecified atom stereocenters. The molecule has 2 aromatic carbocycles. The molecule has 0 aliphatic carbocycles. The van der Waals surface area contributed by atoms with E-state index >= 15 is 0 Å². The lowest BCUT2D eigenvalue weighted by Gasteiger charge is -2.14. The van der Waals surface area contributed by atoms with Gasteiger partial charge in [0, 0.05) is 17.7 Å². The third kappa shape index (κ3) is 5.64. The van der Waals surface area contributed by atoms with Gasteiger partial charge in [-0.05, 0) is 37.6 Å². The topological polar surface area (TPSA) is 82.2 Å². The number of benzene rings is 2. The van der Waals surface area contributed by atoms with Crippen molar-refractivity contribution in [3.8, 4) is 22.8 Å². The van der Waals surface area contributed by atoms with Crippen molar-refractivity contribution in [2.24, 2.45) is 0 Å². The Bertz CT molecular complexity index is 1190. The SMILES string of the molecule is COc1ccccc1-n1c(SCCCC(=O)NCc2ccco2)nnc1-c1ccc(C)cc1. The normalized spacial score (nSPS) is 10.8. The van der Waals surface area contributed by atoms with Gasteiger partial charge in [0.1, 0.15) is 11.5 Å². The first-order chi connectivity index (χ1) is 16.2. The van der Waals surface area contributed by atoms with Crippen LogP contribution < -0.4 is 10.1 Å². The van der Waals surface area contributed by atoms with E-state index in [1.807, 2.05) is 47.0 Å². The largest absolute Gasteiger partial charge is 0.495 e. The summed E-state index contributed by atoms with van der Waals surface area (Å²) in [5.41, 5.74) is 3.03. The molecule has 0 saturated heterocycles. The van der Waals surface area contributed by atoms with Crippen LogP contribution in [0.1, 0.15) is 24.2 Å². The number of rotatable bonds is 10. The van der Waals surface area contributed by atoms with Crippen LogP contribution in [-0.4, -0.2) is 33.5 Å². The predicted molar refractivity (Wildman–Crippen MR) is 129 cm³/mol. The maximum Gasteiger partial charge on any atom is 0.220 e. The fourth-order valence-corrected chi connectivity index (χ4v) is 4.25. The zero-order valence-corrected chi connectivity index (χ0v) is 19.5. The molecular weight excluding hydrogens is 436 g/mol. The molecule has 0 saturated carbocycles. The molecule has 7 nitrogen and oxygen atoms in total. The van der Waals surface area contributed by atoms with E-state index in [9.17, 15) is 4.79 Å². The van der Waals surface area contributed by atoms with E-state index in [1.165, 1.54) is 5.56 Å². The van der Waals surface area contributed by atoms with Crippen molar-refractivity contribution in [3.05, 3.63) is 78.3 Å². The average Bonchev–Trinajstić information content (AvgIpc) is 3.51. The van der Waals surface area contributed by atoms with Crippen molar-refractivity contribution in [2.75, 3.05) is 12.9 Å². The van der Waals surface area contributed by atoms with Gasteiger partial charge in [0.15, 0.2) is 11.0 Å². The minimum Gasteiger partial charge on any atom is -0.495 e. The second-order valence-corrected chi connectivity index (χ2v) is 8.55. The van der Waals surface area contributed by atoms with Gasteiger partial charge in [-0.1, -0.05) is 53.7 Å². The van der Waals surface area contributed by atoms with Gasteiger partial charge in [0.25, 0.3) is 0 Å². The molecule has 4 aromatic rings. The Morgan fingerprint density at radius 3 is 2.67 bits per heavy atom. The number of nitrogens with zero attached hydrogens (tertiary/aromatic N) is 3. The van der Waals surface area contributed by atoms with E-state index in [0.29, 0.717) is 19.4 Å². The second kappa shape index (κ2) is 10.9. The third-order valence-electron chi connectivity index (χ3n) is 5.09. The van der Waals surface area contributed by atoms with Crippen molar-refractivity contribution >= 4 is 17.7 Å². The van der Waals surface area contributed by atoms with Crippen LogP contribution in [0.3, 0.4) is 0 Å². The Kier molecular flexibility index (Phi) is 7.47. The molecule has 33 heavy (non-hydrogen) atoms. The number of ether oxygens (including phenoxy) is 1. The lowest BCUT2D eigenvalue weighted by Crippen LogP contribution is -2.22. The number of thioether (sulfide) groups is 1. The van der Waals surface area contributed by atoms with E-state index < -0.39 is 0 Å². The molecule has 1 amide bonds. The first-order valence-electron chi connectivity index (χ1n) is 10.7. The first kappa shape index (κ1) is 22.7. The van der Waals surface area contributed by atoms with Crippen molar-refractivity contribution in [1.29, 1.82) is 0 Å². The van der Waals surface area contributed by atoms with E-state index in [0.717, 1.165) is 39.5 Å². The van der Waals surface area contributed by atoms with Crippen LogP contribution in [0, 0.1) is 6.92 Å². The highest BCUT2D eigenvalue weighted by Crippen LogP contribution is 2.32. The molecule has 2 aromatic heterocycles. The minimum absolute atomic E-state index is 0.00135. The highest BCUT2D eigenvalue weighted by molar-refractivity contribution is 7.99. The number of aryl methyl sites for hydroxylation is 1. The van der Waals surface area contributed by atoms with Gasteiger partial charge < -0.3 is 14.5 Å². The van der Waals surface area contributed by atoms with Gasteiger partial charge in [-0.3, -0.25) is 9.36 Å². The van der Waals surface area contributed by atoms with Gasteiger partial charge in [-0.2, -0.15) is 0 Å². The summed E-state index contributed by atoms with van der Waals surface area (Å²) in [5, 5.41) is 12.6. The minimum atomic E-state index is -0.00135. The van der Waals surface area contributed by atoms with Crippen molar-refractivity contribution in [2.45, 2.75) is 31.5 Å². The van der Waals surface area contributed by atoms with Crippen molar-refractivity contribution in [3.63, 3.8) is 0 Å². The summed E-state index contributed by atoms with van der Waals surface area (Å²) in [4.78, 5) is 12.1. The smallest absolute Gasteiger partial charge is 0.220 e. The van der Waals surface area contributed by atoms with Crippen LogP contribution in [0.5, 0.6) is 5.75 Å². The number of furan rings is 1. The number of hydrogen-bond donors (Lipinski definition) is 1. The molecule has 2 heterocycles. The van der Waals surface area contributed by atoms with E-state index in [4.69, 9.17) is 9.15 Å². The van der Waals surface area contributed by atoms with Gasteiger partial charge in [-0.15, -0.1) is 10.2 Å². The number of aromatic nitrogens is 3. The average molecular weight is 463 g/mol. The Hall–Kier alpha value is -3.52. The third-order valence-corrected chi connectivity index (χ3v) is 6.10. The monoisotopic (exact) mass is 462 g/mol. The number of nitrogens with one attached hydrogen (secondary N) is 1. The summed E-state index contributed by atoms with van der Waals surface area (Å²) in [6.45, 7) is 2.46. The zero-order chi connectivity index (χ0) is 23.0. The maximum absolute atomic E-state index is 12.1. The van der Waals surface area contributed by atoms with Crippen LogP contribution >= 0.6 is 11.8 Å². The number of carbonyl (C=O) groups excluding carboxylic acids is 1.